The van der Waals surface area contributed by atoms with Crippen molar-refractivity contribution in [3.63, 3.8) is 0 Å². The first-order valence-corrected chi connectivity index (χ1v) is 10.6. The highest BCUT2D eigenvalue weighted by Gasteiger charge is 2.21. The lowest BCUT2D eigenvalue weighted by Gasteiger charge is -2.17. The van der Waals surface area contributed by atoms with Gasteiger partial charge in [0.15, 0.2) is 5.82 Å². The average molecular weight is 402 g/mol. The third-order valence-electron chi connectivity index (χ3n) is 4.42. The van der Waals surface area contributed by atoms with E-state index in [0.717, 1.165) is 22.5 Å². The quantitative estimate of drug-likeness (QED) is 0.454. The van der Waals surface area contributed by atoms with E-state index in [1.165, 1.54) is 16.4 Å². The molecule has 0 bridgehead atoms. The molecule has 8 heteroatoms. The lowest BCUT2D eigenvalue weighted by atomic mass is 9.97. The number of benzene rings is 1. The van der Waals surface area contributed by atoms with E-state index >= 15 is 0 Å². The molecule has 0 saturated heterocycles. The van der Waals surface area contributed by atoms with Crippen molar-refractivity contribution < 1.29 is 4.79 Å². The molecule has 0 fully saturated rings. The van der Waals surface area contributed by atoms with Crippen LogP contribution in [-0.4, -0.2) is 26.0 Å². The van der Waals surface area contributed by atoms with Crippen molar-refractivity contribution in [2.75, 3.05) is 11.2 Å². The van der Waals surface area contributed by atoms with E-state index in [-0.39, 0.29) is 11.2 Å². The van der Waals surface area contributed by atoms with Crippen LogP contribution in [0.15, 0.2) is 46.9 Å². The Morgan fingerprint density at radius 1 is 1.26 bits per heavy atom. The first-order chi connectivity index (χ1) is 13.0. The highest BCUT2D eigenvalue weighted by atomic mass is 32.2. The molecule has 0 saturated carbocycles. The number of nitrogen functional groups attached to an aromatic ring is 1. The summed E-state index contributed by atoms with van der Waals surface area (Å²) in [5, 5.41) is 13.4. The van der Waals surface area contributed by atoms with Gasteiger partial charge in [0, 0.05) is 5.69 Å². The molecule has 3 N–H and O–H groups in total. The lowest BCUT2D eigenvalue weighted by molar-refractivity contribution is -0.115. The molecule has 142 valence electrons. The highest BCUT2D eigenvalue weighted by molar-refractivity contribution is 8.00. The number of hydrogen-bond acceptors (Lipinski definition) is 6. The molecule has 6 nitrogen and oxygen atoms in total. The van der Waals surface area contributed by atoms with Crippen molar-refractivity contribution in [2.24, 2.45) is 0 Å². The summed E-state index contributed by atoms with van der Waals surface area (Å²) >= 11 is 2.84. The van der Waals surface area contributed by atoms with Gasteiger partial charge in [-0.3, -0.25) is 4.79 Å². The first-order valence-electron chi connectivity index (χ1n) is 8.82. The van der Waals surface area contributed by atoms with Crippen LogP contribution in [0.5, 0.6) is 0 Å². The van der Waals surface area contributed by atoms with Crippen LogP contribution >= 0.6 is 23.1 Å². The molecule has 2 aromatic heterocycles. The number of amides is 1. The van der Waals surface area contributed by atoms with Crippen molar-refractivity contribution in [3.8, 4) is 10.7 Å². The van der Waals surface area contributed by atoms with Crippen LogP contribution in [0, 0.1) is 0 Å². The maximum atomic E-state index is 12.7. The Bertz CT molecular complexity index is 907. The monoisotopic (exact) mass is 401 g/mol. The number of aromatic nitrogens is 3. The Morgan fingerprint density at radius 3 is 2.74 bits per heavy atom. The second-order valence-corrected chi connectivity index (χ2v) is 8.56. The fourth-order valence-electron chi connectivity index (χ4n) is 2.64. The third-order valence-corrected chi connectivity index (χ3v) is 6.34. The average Bonchev–Trinajstić information content (AvgIpc) is 3.32. The summed E-state index contributed by atoms with van der Waals surface area (Å²) in [6, 6.07) is 11.8. The van der Waals surface area contributed by atoms with Gasteiger partial charge in [-0.25, -0.2) is 4.68 Å². The van der Waals surface area contributed by atoms with E-state index in [0.29, 0.717) is 16.9 Å². The number of carbonyl (C=O) groups is 1. The van der Waals surface area contributed by atoms with Gasteiger partial charge in [0.25, 0.3) is 0 Å². The number of anilines is 1. The number of nitrogens with zero attached hydrogens (tertiary/aromatic N) is 3. The predicted molar refractivity (Wildman–Crippen MR) is 113 cm³/mol. The van der Waals surface area contributed by atoms with Gasteiger partial charge in [0.2, 0.25) is 11.1 Å². The number of carbonyl (C=O) groups excluding carboxylic acids is 1. The number of thioether (sulfide) groups is 1. The molecule has 3 rings (SSSR count). The van der Waals surface area contributed by atoms with E-state index in [4.69, 9.17) is 5.84 Å². The third kappa shape index (κ3) is 4.33. The minimum absolute atomic E-state index is 0.0866. The van der Waals surface area contributed by atoms with Crippen molar-refractivity contribution in [2.45, 2.75) is 43.5 Å². The zero-order valence-electron chi connectivity index (χ0n) is 15.5. The smallest absolute Gasteiger partial charge is 0.237 e. The van der Waals surface area contributed by atoms with Gasteiger partial charge in [-0.2, -0.15) is 0 Å². The van der Waals surface area contributed by atoms with Gasteiger partial charge in [-0.15, -0.1) is 21.5 Å². The van der Waals surface area contributed by atoms with Crippen LogP contribution in [-0.2, 0) is 4.79 Å². The van der Waals surface area contributed by atoms with E-state index in [9.17, 15) is 4.79 Å². The maximum Gasteiger partial charge on any atom is 0.237 e. The molecular weight excluding hydrogens is 378 g/mol. The van der Waals surface area contributed by atoms with Crippen molar-refractivity contribution in [3.05, 3.63) is 47.3 Å². The van der Waals surface area contributed by atoms with Crippen LogP contribution in [0.4, 0.5) is 5.69 Å². The molecule has 1 amide bonds. The van der Waals surface area contributed by atoms with Gasteiger partial charge >= 0.3 is 0 Å². The van der Waals surface area contributed by atoms with Gasteiger partial charge < -0.3 is 11.2 Å². The molecule has 3 aromatic rings. The first kappa shape index (κ1) is 19.4. The number of nitrogens with one attached hydrogen (secondary N) is 1. The fourth-order valence-corrected chi connectivity index (χ4v) is 4.11. The molecular formula is C19H23N5OS2. The Kier molecular flexibility index (Phi) is 6.18. The van der Waals surface area contributed by atoms with E-state index in [2.05, 4.69) is 35.4 Å². The van der Waals surface area contributed by atoms with Gasteiger partial charge in [0.05, 0.1) is 10.1 Å². The molecule has 0 aliphatic rings. The Morgan fingerprint density at radius 2 is 2.04 bits per heavy atom. The molecule has 27 heavy (non-hydrogen) atoms. The minimum Gasteiger partial charge on any atom is -0.335 e. The largest absolute Gasteiger partial charge is 0.335 e. The van der Waals surface area contributed by atoms with Crippen molar-refractivity contribution in [1.29, 1.82) is 0 Å². The van der Waals surface area contributed by atoms with Crippen molar-refractivity contribution >= 4 is 34.7 Å². The normalized spacial score (nSPS) is 13.3. The molecule has 2 heterocycles. The maximum absolute atomic E-state index is 12.7. The summed E-state index contributed by atoms with van der Waals surface area (Å²) in [4.78, 5) is 13.6. The van der Waals surface area contributed by atoms with Gasteiger partial charge in [-0.1, -0.05) is 49.9 Å². The van der Waals surface area contributed by atoms with Gasteiger partial charge in [-0.05, 0) is 42.3 Å². The molecule has 2 atom stereocenters. The molecule has 0 aliphatic heterocycles. The zero-order chi connectivity index (χ0) is 19.4. The minimum atomic E-state index is -0.363. The number of para-hydroxylation sites is 1. The Labute approximate surface area is 167 Å². The summed E-state index contributed by atoms with van der Waals surface area (Å²) in [6.45, 7) is 6.14. The van der Waals surface area contributed by atoms with Crippen LogP contribution in [0.1, 0.15) is 38.7 Å². The predicted octanol–water partition coefficient (Wildman–Crippen LogP) is 4.35. The Balaban J connectivity index is 1.71. The number of thiophene rings is 1. The van der Waals surface area contributed by atoms with Crippen LogP contribution in [0.2, 0.25) is 0 Å². The number of rotatable bonds is 7. The molecule has 0 aliphatic carbocycles. The van der Waals surface area contributed by atoms with Crippen LogP contribution in [0.3, 0.4) is 0 Å². The number of nitrogens with two attached hydrogens (primary N) is 1. The van der Waals surface area contributed by atoms with E-state index in [1.54, 1.807) is 11.3 Å². The zero-order valence-corrected chi connectivity index (χ0v) is 17.2. The van der Waals surface area contributed by atoms with E-state index < -0.39 is 0 Å². The SMILES string of the molecule is CC[C@H](C)c1ccccc1NC(=O)[C@H](C)Sc1nnc(-c2cccs2)n1N. The standard InChI is InChI=1S/C19H23N5OS2/c1-4-12(2)14-8-5-6-9-15(14)21-18(25)13(3)27-19-23-22-17(24(19)20)16-10-7-11-26-16/h5-13H,4,20H2,1-3H3,(H,21,25)/t12-,13-/m0/s1. The van der Waals surface area contributed by atoms with Crippen LogP contribution in [0.25, 0.3) is 10.7 Å². The molecule has 0 unspecified atom stereocenters. The van der Waals surface area contributed by atoms with Crippen molar-refractivity contribution in [1.82, 2.24) is 14.9 Å². The second kappa shape index (κ2) is 8.58. The topological polar surface area (TPSA) is 85.8 Å². The number of hydrogen-bond donors (Lipinski definition) is 2. The van der Waals surface area contributed by atoms with Gasteiger partial charge in [0.1, 0.15) is 0 Å². The van der Waals surface area contributed by atoms with Crippen LogP contribution < -0.4 is 11.2 Å². The fraction of sp³-hybridized carbons (Fsp3) is 0.316. The summed E-state index contributed by atoms with van der Waals surface area (Å²) in [6.07, 6.45) is 1.01. The molecule has 0 radical (unpaired) electrons. The lowest BCUT2D eigenvalue weighted by Crippen LogP contribution is -2.24. The molecule has 0 spiro atoms. The second-order valence-electron chi connectivity index (χ2n) is 6.30. The summed E-state index contributed by atoms with van der Waals surface area (Å²) in [5.41, 5.74) is 2.00. The summed E-state index contributed by atoms with van der Waals surface area (Å²) in [7, 11) is 0. The summed E-state index contributed by atoms with van der Waals surface area (Å²) < 4.78 is 1.44. The summed E-state index contributed by atoms with van der Waals surface area (Å²) in [5.74, 6) is 7.02. The molecule has 1 aromatic carbocycles. The van der Waals surface area contributed by atoms with E-state index in [1.807, 2.05) is 42.6 Å². The Hall–Kier alpha value is -2.32. The highest BCUT2D eigenvalue weighted by Crippen LogP contribution is 2.29.